The first-order valence-electron chi connectivity index (χ1n) is 5.46. The van der Waals surface area contributed by atoms with Crippen LogP contribution in [0, 0.1) is 0 Å². The van der Waals surface area contributed by atoms with Crippen LogP contribution in [-0.4, -0.2) is 31.2 Å². The number of anilines is 1. The molecule has 1 atom stereocenters. The smallest absolute Gasteiger partial charge is 0.369 e. The molecule has 2 heterocycles. The molecule has 0 bridgehead atoms. The van der Waals surface area contributed by atoms with Crippen LogP contribution in [0.15, 0.2) is 18.3 Å². The zero-order valence-electron chi connectivity index (χ0n) is 9.46. The van der Waals surface area contributed by atoms with E-state index in [2.05, 4.69) is 10.3 Å². The summed E-state index contributed by atoms with van der Waals surface area (Å²) >= 11 is 0. The van der Waals surface area contributed by atoms with Crippen LogP contribution < -0.4 is 10.2 Å². The Morgan fingerprint density at radius 2 is 2.18 bits per heavy atom. The molecule has 1 saturated heterocycles. The Hall–Kier alpha value is -1.30. The van der Waals surface area contributed by atoms with Gasteiger partial charge in [0.05, 0.1) is 11.9 Å². The number of rotatable bonds is 2. The maximum absolute atomic E-state index is 12.3. The van der Waals surface area contributed by atoms with Crippen LogP contribution in [0.1, 0.15) is 12.1 Å². The molecular weight excluding hydrogens is 231 g/mol. The Labute approximate surface area is 97.6 Å². The van der Waals surface area contributed by atoms with Crippen LogP contribution >= 0.6 is 0 Å². The molecule has 0 aromatic carbocycles. The van der Waals surface area contributed by atoms with Gasteiger partial charge in [-0.1, -0.05) is 0 Å². The van der Waals surface area contributed by atoms with Crippen molar-refractivity contribution in [1.82, 2.24) is 10.3 Å². The number of hydrogen-bond donors (Lipinski definition) is 1. The summed E-state index contributed by atoms with van der Waals surface area (Å²) in [6, 6.07) is 2.91. The highest BCUT2D eigenvalue weighted by Crippen LogP contribution is 2.29. The number of nitrogens with zero attached hydrogens (tertiary/aromatic N) is 2. The lowest BCUT2D eigenvalue weighted by molar-refractivity contribution is -0.141. The van der Waals surface area contributed by atoms with E-state index in [1.165, 1.54) is 12.3 Å². The van der Waals surface area contributed by atoms with E-state index in [0.717, 1.165) is 31.3 Å². The highest BCUT2D eigenvalue weighted by Gasteiger charge is 2.32. The molecule has 94 valence electrons. The Bertz CT molecular complexity index is 375. The first-order valence-corrected chi connectivity index (χ1v) is 5.46. The minimum atomic E-state index is -4.36. The third kappa shape index (κ3) is 2.69. The van der Waals surface area contributed by atoms with E-state index in [1.54, 1.807) is 0 Å². The molecule has 1 aromatic heterocycles. The third-order valence-electron chi connectivity index (χ3n) is 3.00. The van der Waals surface area contributed by atoms with Crippen LogP contribution in [0.3, 0.4) is 0 Å². The lowest BCUT2D eigenvalue weighted by atomic mass is 10.3. The molecule has 2 rings (SSSR count). The van der Waals surface area contributed by atoms with Crippen LogP contribution in [0.2, 0.25) is 0 Å². The monoisotopic (exact) mass is 245 g/mol. The molecule has 0 amide bonds. The van der Waals surface area contributed by atoms with Crippen LogP contribution in [0.25, 0.3) is 0 Å². The van der Waals surface area contributed by atoms with Crippen LogP contribution in [-0.2, 0) is 6.18 Å². The third-order valence-corrected chi connectivity index (χ3v) is 3.00. The van der Waals surface area contributed by atoms with Crippen molar-refractivity contribution in [3.63, 3.8) is 0 Å². The first kappa shape index (κ1) is 12.2. The van der Waals surface area contributed by atoms with Crippen molar-refractivity contribution in [2.24, 2.45) is 0 Å². The van der Waals surface area contributed by atoms with Crippen molar-refractivity contribution >= 4 is 5.69 Å². The number of aromatic nitrogens is 1. The molecule has 0 aliphatic carbocycles. The highest BCUT2D eigenvalue weighted by molar-refractivity contribution is 5.46. The topological polar surface area (TPSA) is 28.2 Å². The second-order valence-corrected chi connectivity index (χ2v) is 4.12. The van der Waals surface area contributed by atoms with Crippen molar-refractivity contribution < 1.29 is 13.2 Å². The van der Waals surface area contributed by atoms with Gasteiger partial charge in [-0.15, -0.1) is 0 Å². The number of hydrogen-bond acceptors (Lipinski definition) is 3. The Balaban J connectivity index is 2.09. The molecule has 17 heavy (non-hydrogen) atoms. The van der Waals surface area contributed by atoms with Gasteiger partial charge in [-0.05, 0) is 25.6 Å². The van der Waals surface area contributed by atoms with E-state index in [4.69, 9.17) is 0 Å². The van der Waals surface area contributed by atoms with E-state index < -0.39 is 11.9 Å². The minimum absolute atomic E-state index is 0.400. The van der Waals surface area contributed by atoms with Gasteiger partial charge in [0.25, 0.3) is 0 Å². The molecule has 3 nitrogen and oxygen atoms in total. The summed E-state index contributed by atoms with van der Waals surface area (Å²) in [4.78, 5) is 5.49. The Morgan fingerprint density at radius 1 is 1.41 bits per heavy atom. The standard InChI is InChI=1S/C11H14F3N3/c1-15-8-4-5-17(7-8)9-2-3-10(16-6-9)11(12,13)14/h2-3,6,8,15H,4-5,7H2,1H3. The van der Waals surface area contributed by atoms with Gasteiger partial charge in [0.1, 0.15) is 5.69 Å². The molecule has 6 heteroatoms. The molecular formula is C11H14F3N3. The lowest BCUT2D eigenvalue weighted by Gasteiger charge is -2.18. The quantitative estimate of drug-likeness (QED) is 0.862. The number of alkyl halides is 3. The fourth-order valence-electron chi connectivity index (χ4n) is 1.97. The number of likely N-dealkylation sites (N-methyl/N-ethyl adjacent to an activating group) is 1. The second kappa shape index (κ2) is 4.52. The van der Waals surface area contributed by atoms with E-state index in [9.17, 15) is 13.2 Å². The van der Waals surface area contributed by atoms with Gasteiger partial charge in [-0.25, -0.2) is 4.98 Å². The summed E-state index contributed by atoms with van der Waals surface area (Å²) in [6.07, 6.45) is -2.07. The maximum Gasteiger partial charge on any atom is 0.433 e. The summed E-state index contributed by atoms with van der Waals surface area (Å²) in [7, 11) is 1.89. The van der Waals surface area contributed by atoms with Gasteiger partial charge in [0, 0.05) is 19.1 Å². The molecule has 1 aliphatic heterocycles. The predicted octanol–water partition coefficient (Wildman–Crippen LogP) is 1.90. The zero-order chi connectivity index (χ0) is 12.5. The van der Waals surface area contributed by atoms with Crippen molar-refractivity contribution in [3.05, 3.63) is 24.0 Å². The first-order chi connectivity index (χ1) is 8.00. The Morgan fingerprint density at radius 3 is 2.65 bits per heavy atom. The van der Waals surface area contributed by atoms with E-state index in [-0.39, 0.29) is 0 Å². The average molecular weight is 245 g/mol. The average Bonchev–Trinajstić information content (AvgIpc) is 2.76. The summed E-state index contributed by atoms with van der Waals surface area (Å²) in [5, 5.41) is 3.16. The SMILES string of the molecule is CNC1CCN(c2ccc(C(F)(F)F)nc2)C1. The van der Waals surface area contributed by atoms with Crippen molar-refractivity contribution in [2.75, 3.05) is 25.0 Å². The maximum atomic E-state index is 12.3. The van der Waals surface area contributed by atoms with E-state index >= 15 is 0 Å². The molecule has 1 fully saturated rings. The van der Waals surface area contributed by atoms with Crippen LogP contribution in [0.4, 0.5) is 18.9 Å². The van der Waals surface area contributed by atoms with Crippen molar-refractivity contribution in [2.45, 2.75) is 18.6 Å². The summed E-state index contributed by atoms with van der Waals surface area (Å²) in [6.45, 7) is 1.65. The number of pyridine rings is 1. The second-order valence-electron chi connectivity index (χ2n) is 4.12. The fraction of sp³-hybridized carbons (Fsp3) is 0.545. The van der Waals surface area contributed by atoms with Crippen molar-refractivity contribution in [3.8, 4) is 0 Å². The largest absolute Gasteiger partial charge is 0.433 e. The Kier molecular flexibility index (Phi) is 3.24. The number of nitrogens with one attached hydrogen (secondary N) is 1. The lowest BCUT2D eigenvalue weighted by Crippen LogP contribution is -2.29. The van der Waals surface area contributed by atoms with Gasteiger partial charge in [0.2, 0.25) is 0 Å². The van der Waals surface area contributed by atoms with E-state index in [0.29, 0.717) is 6.04 Å². The molecule has 0 spiro atoms. The van der Waals surface area contributed by atoms with E-state index in [1.807, 2.05) is 11.9 Å². The zero-order valence-corrected chi connectivity index (χ0v) is 9.46. The summed E-state index contributed by atoms with van der Waals surface area (Å²) in [5.41, 5.74) is -0.0960. The molecule has 0 saturated carbocycles. The molecule has 1 unspecified atom stereocenters. The van der Waals surface area contributed by atoms with Crippen molar-refractivity contribution in [1.29, 1.82) is 0 Å². The molecule has 0 radical (unpaired) electrons. The minimum Gasteiger partial charge on any atom is -0.369 e. The molecule has 1 aromatic rings. The fourth-order valence-corrected chi connectivity index (χ4v) is 1.97. The normalized spacial score (nSPS) is 20.9. The van der Waals surface area contributed by atoms with Gasteiger partial charge in [0.15, 0.2) is 0 Å². The predicted molar refractivity (Wildman–Crippen MR) is 58.9 cm³/mol. The summed E-state index contributed by atoms with van der Waals surface area (Å²) in [5.74, 6) is 0. The molecule has 1 aliphatic rings. The van der Waals surface area contributed by atoms with Gasteiger partial charge >= 0.3 is 6.18 Å². The highest BCUT2D eigenvalue weighted by atomic mass is 19.4. The van der Waals surface area contributed by atoms with Crippen LogP contribution in [0.5, 0.6) is 0 Å². The molecule has 1 N–H and O–H groups in total. The number of halogens is 3. The van der Waals surface area contributed by atoms with Gasteiger partial charge in [-0.3, -0.25) is 0 Å². The summed E-state index contributed by atoms with van der Waals surface area (Å²) < 4.78 is 37.0. The van der Waals surface area contributed by atoms with Gasteiger partial charge < -0.3 is 10.2 Å². The van der Waals surface area contributed by atoms with Gasteiger partial charge in [-0.2, -0.15) is 13.2 Å².